The van der Waals surface area contributed by atoms with Gasteiger partial charge in [0.2, 0.25) is 16.8 Å². The summed E-state index contributed by atoms with van der Waals surface area (Å²) in [7, 11) is -3.59. The fraction of sp³-hybridized carbons (Fsp3) is 0.391. The number of hydrogen-bond donors (Lipinski definition) is 1. The van der Waals surface area contributed by atoms with Gasteiger partial charge in [0.1, 0.15) is 5.54 Å². The highest BCUT2D eigenvalue weighted by molar-refractivity contribution is 7.89. The number of hydrogen-bond acceptors (Lipinski definition) is 7. The Morgan fingerprint density at radius 1 is 0.971 bits per heavy atom. The number of urea groups is 1. The van der Waals surface area contributed by atoms with Crippen LogP contribution in [0.2, 0.25) is 0 Å². The van der Waals surface area contributed by atoms with Gasteiger partial charge in [0.05, 0.1) is 11.6 Å². The maximum absolute atomic E-state index is 13.3. The van der Waals surface area contributed by atoms with Crippen LogP contribution in [0.3, 0.4) is 0 Å². The van der Waals surface area contributed by atoms with Crippen molar-refractivity contribution in [2.24, 2.45) is 0 Å². The molecule has 3 aliphatic heterocycles. The van der Waals surface area contributed by atoms with Crippen LogP contribution < -0.4 is 14.8 Å². The van der Waals surface area contributed by atoms with E-state index in [0.717, 1.165) is 5.56 Å². The molecule has 0 aromatic heterocycles. The van der Waals surface area contributed by atoms with Gasteiger partial charge in [0.25, 0.3) is 5.91 Å². The Bertz CT molecular complexity index is 1240. The van der Waals surface area contributed by atoms with Crippen molar-refractivity contribution in [3.8, 4) is 11.5 Å². The number of rotatable bonds is 5. The van der Waals surface area contributed by atoms with E-state index in [1.54, 1.807) is 49.4 Å². The molecule has 180 valence electrons. The minimum Gasteiger partial charge on any atom is -0.454 e. The van der Waals surface area contributed by atoms with Crippen LogP contribution in [0.15, 0.2) is 47.4 Å². The predicted octanol–water partition coefficient (Wildman–Crippen LogP) is 1.45. The van der Waals surface area contributed by atoms with Crippen molar-refractivity contribution in [2.45, 2.75) is 24.3 Å². The van der Waals surface area contributed by atoms with Crippen molar-refractivity contribution in [1.82, 2.24) is 19.4 Å². The first-order chi connectivity index (χ1) is 16.2. The highest BCUT2D eigenvalue weighted by atomic mass is 32.2. The van der Waals surface area contributed by atoms with Crippen LogP contribution in [-0.2, 0) is 20.4 Å². The molecule has 1 N–H and O–H groups in total. The van der Waals surface area contributed by atoms with E-state index in [4.69, 9.17) is 9.47 Å². The average molecular weight is 487 g/mol. The van der Waals surface area contributed by atoms with Gasteiger partial charge in [0.15, 0.2) is 11.5 Å². The van der Waals surface area contributed by atoms with Crippen molar-refractivity contribution in [3.63, 3.8) is 0 Å². The summed E-state index contributed by atoms with van der Waals surface area (Å²) in [6.07, 6.45) is 0. The Labute approximate surface area is 198 Å². The lowest BCUT2D eigenvalue weighted by molar-refractivity contribution is -0.132. The molecule has 0 saturated carbocycles. The normalized spacial score (nSPS) is 23.4. The Kier molecular flexibility index (Phi) is 5.50. The second-order valence-corrected chi connectivity index (χ2v) is 10.8. The Morgan fingerprint density at radius 2 is 1.65 bits per heavy atom. The first kappa shape index (κ1) is 22.6. The van der Waals surface area contributed by atoms with Gasteiger partial charge < -0.3 is 14.8 Å². The Morgan fingerprint density at radius 3 is 2.35 bits per heavy atom. The van der Waals surface area contributed by atoms with Crippen LogP contribution in [0.4, 0.5) is 4.79 Å². The van der Waals surface area contributed by atoms with E-state index in [9.17, 15) is 18.0 Å². The van der Waals surface area contributed by atoms with Crippen LogP contribution in [0.25, 0.3) is 0 Å². The minimum atomic E-state index is -3.59. The van der Waals surface area contributed by atoms with E-state index in [-0.39, 0.29) is 37.4 Å². The van der Waals surface area contributed by atoms with Crippen molar-refractivity contribution < 1.29 is 27.5 Å². The molecular formula is C23H26N4O6S. The molecule has 0 spiro atoms. The summed E-state index contributed by atoms with van der Waals surface area (Å²) < 4.78 is 38.0. The van der Waals surface area contributed by atoms with Crippen molar-refractivity contribution in [1.29, 1.82) is 0 Å². The Balaban J connectivity index is 1.25. The maximum Gasteiger partial charge on any atom is 0.326 e. The monoisotopic (exact) mass is 486 g/mol. The minimum absolute atomic E-state index is 0.0865. The fourth-order valence-electron chi connectivity index (χ4n) is 4.40. The largest absolute Gasteiger partial charge is 0.454 e. The molecule has 5 rings (SSSR count). The number of aryl methyl sites for hydroxylation is 1. The SMILES string of the molecule is Cc1ccc(S(=O)(=O)N2CCN(CN3C(=O)N[C@](C)(c4ccc5c(c4)OCO5)C3=O)CC2)cc1. The molecule has 3 heterocycles. The summed E-state index contributed by atoms with van der Waals surface area (Å²) in [5.74, 6) is 0.760. The first-order valence-corrected chi connectivity index (χ1v) is 12.5. The second-order valence-electron chi connectivity index (χ2n) is 8.83. The van der Waals surface area contributed by atoms with Gasteiger partial charge in [-0.15, -0.1) is 0 Å². The summed E-state index contributed by atoms with van der Waals surface area (Å²) in [5, 5.41) is 2.79. The number of fused-ring (bicyclic) bond motifs is 1. The molecule has 2 aromatic carbocycles. The molecule has 34 heavy (non-hydrogen) atoms. The van der Waals surface area contributed by atoms with Gasteiger partial charge in [-0.2, -0.15) is 4.31 Å². The highest BCUT2D eigenvalue weighted by Gasteiger charge is 2.50. The van der Waals surface area contributed by atoms with E-state index in [1.807, 2.05) is 11.8 Å². The maximum atomic E-state index is 13.3. The summed E-state index contributed by atoms with van der Waals surface area (Å²) in [5.41, 5.74) is 0.367. The van der Waals surface area contributed by atoms with Crippen LogP contribution in [0, 0.1) is 6.92 Å². The number of benzene rings is 2. The number of nitrogens with zero attached hydrogens (tertiary/aromatic N) is 3. The second kappa shape index (κ2) is 8.26. The molecule has 3 amide bonds. The van der Waals surface area contributed by atoms with Gasteiger partial charge in [0, 0.05) is 26.2 Å². The van der Waals surface area contributed by atoms with Gasteiger partial charge in [-0.1, -0.05) is 23.8 Å². The smallest absolute Gasteiger partial charge is 0.326 e. The molecule has 0 radical (unpaired) electrons. The molecule has 0 bridgehead atoms. The molecule has 11 heteroatoms. The summed E-state index contributed by atoms with van der Waals surface area (Å²) in [6, 6.07) is 11.5. The number of ether oxygens (including phenoxy) is 2. The third-order valence-corrected chi connectivity index (χ3v) is 8.47. The number of nitrogens with one attached hydrogen (secondary N) is 1. The summed E-state index contributed by atoms with van der Waals surface area (Å²) in [4.78, 5) is 29.4. The quantitative estimate of drug-likeness (QED) is 0.638. The fourth-order valence-corrected chi connectivity index (χ4v) is 5.82. The molecular weight excluding hydrogens is 460 g/mol. The standard InChI is InChI=1S/C23H26N4O6S/c1-16-3-6-18(7-4-16)34(30,31)26-11-9-25(10-12-26)14-27-21(28)23(2,24-22(27)29)17-5-8-19-20(13-17)33-15-32-19/h3-8,13H,9-12,14-15H2,1-2H3,(H,24,29)/t23-/m1/s1. The molecule has 1 atom stereocenters. The number of carbonyl (C=O) groups excluding carboxylic acids is 2. The molecule has 2 saturated heterocycles. The molecule has 2 fully saturated rings. The number of piperazine rings is 1. The third-order valence-electron chi connectivity index (χ3n) is 6.56. The summed E-state index contributed by atoms with van der Waals surface area (Å²) in [6.45, 7) is 5.14. The molecule has 0 aliphatic carbocycles. The molecule has 0 unspecified atom stereocenters. The Hall–Kier alpha value is -3.15. The van der Waals surface area contributed by atoms with Crippen molar-refractivity contribution in [2.75, 3.05) is 39.6 Å². The van der Waals surface area contributed by atoms with Crippen molar-refractivity contribution >= 4 is 22.0 Å². The number of sulfonamides is 1. The molecule has 10 nitrogen and oxygen atoms in total. The van der Waals surface area contributed by atoms with E-state index < -0.39 is 21.6 Å². The number of carbonyl (C=O) groups is 2. The average Bonchev–Trinajstić information content (AvgIpc) is 3.38. The van der Waals surface area contributed by atoms with E-state index in [1.165, 1.54) is 9.21 Å². The lowest BCUT2D eigenvalue weighted by atomic mass is 9.92. The van der Waals surface area contributed by atoms with Gasteiger partial charge in [-0.3, -0.25) is 9.69 Å². The lowest BCUT2D eigenvalue weighted by Gasteiger charge is -2.35. The third kappa shape index (κ3) is 3.79. The lowest BCUT2D eigenvalue weighted by Crippen LogP contribution is -2.52. The van der Waals surface area contributed by atoms with Crippen LogP contribution >= 0.6 is 0 Å². The van der Waals surface area contributed by atoms with E-state index in [2.05, 4.69) is 5.32 Å². The number of imide groups is 1. The molecule has 3 aliphatic rings. The topological polar surface area (TPSA) is 108 Å². The van der Waals surface area contributed by atoms with Crippen LogP contribution in [0.5, 0.6) is 11.5 Å². The predicted molar refractivity (Wildman–Crippen MR) is 122 cm³/mol. The zero-order valence-corrected chi connectivity index (χ0v) is 19.8. The van der Waals surface area contributed by atoms with E-state index >= 15 is 0 Å². The first-order valence-electron chi connectivity index (χ1n) is 11.0. The highest BCUT2D eigenvalue weighted by Crippen LogP contribution is 2.38. The van der Waals surface area contributed by atoms with Crippen LogP contribution in [0.1, 0.15) is 18.1 Å². The zero-order valence-electron chi connectivity index (χ0n) is 19.0. The zero-order chi connectivity index (χ0) is 24.1. The van der Waals surface area contributed by atoms with E-state index in [0.29, 0.717) is 30.2 Å². The van der Waals surface area contributed by atoms with Gasteiger partial charge in [-0.05, 0) is 43.7 Å². The summed E-state index contributed by atoms with van der Waals surface area (Å²) >= 11 is 0. The number of amides is 3. The van der Waals surface area contributed by atoms with Crippen LogP contribution in [-0.4, -0.2) is 74.1 Å². The molecule has 2 aromatic rings. The van der Waals surface area contributed by atoms with Gasteiger partial charge >= 0.3 is 6.03 Å². The van der Waals surface area contributed by atoms with Crippen molar-refractivity contribution in [3.05, 3.63) is 53.6 Å². The van der Waals surface area contributed by atoms with Gasteiger partial charge in [-0.25, -0.2) is 18.1 Å².